The molecule has 0 atom stereocenters. The van der Waals surface area contributed by atoms with Gasteiger partial charge in [0.25, 0.3) is 0 Å². The summed E-state index contributed by atoms with van der Waals surface area (Å²) in [7, 11) is 0. The molecule has 0 saturated carbocycles. The first-order chi connectivity index (χ1) is 17.7. The van der Waals surface area contributed by atoms with Gasteiger partial charge in [-0.25, -0.2) is 4.98 Å². The van der Waals surface area contributed by atoms with E-state index in [2.05, 4.69) is 52.2 Å². The Morgan fingerprint density at radius 3 is 2.51 bits per heavy atom. The summed E-state index contributed by atoms with van der Waals surface area (Å²) in [6.07, 6.45) is 3.71. The molecule has 0 bridgehead atoms. The molecular weight excluding hydrogens is 655 g/mol. The van der Waals surface area contributed by atoms with Gasteiger partial charge in [0.2, 0.25) is 5.71 Å². The van der Waals surface area contributed by atoms with E-state index in [4.69, 9.17) is 4.42 Å². The molecule has 0 N–H and O–H groups in total. The van der Waals surface area contributed by atoms with E-state index in [-0.39, 0.29) is 20.1 Å². The fourth-order valence-corrected chi connectivity index (χ4v) is 5.12. The van der Waals surface area contributed by atoms with Crippen LogP contribution in [0.2, 0.25) is 0 Å². The standard InChI is InChI=1S/C20H13N2OS.C11H8N.Ir/c1-11-6-7-15-14-4-3-5-16(19(14)23-20(15)22-11)17-9-18-13(10-21-17)8-12(2)24-18;1-2-6-10(7-3-1)11-8-4-5-9-12-11;/h3-4,6-10H,1-2H3;1-6,8-9H;/q2*-1;. The van der Waals surface area contributed by atoms with Crippen molar-refractivity contribution < 1.29 is 24.5 Å². The van der Waals surface area contributed by atoms with Crippen molar-refractivity contribution in [3.05, 3.63) is 114 Å². The molecule has 0 spiro atoms. The molecule has 0 saturated heterocycles. The SMILES string of the molecule is Cc1ccc2c(n1)oc1c(-c3cc4sc(C)cc4cn3)[c-]ccc12.[Ir].[c-]1ccccc1-c1ccccn1. The van der Waals surface area contributed by atoms with Crippen LogP contribution >= 0.6 is 11.3 Å². The van der Waals surface area contributed by atoms with E-state index in [9.17, 15) is 0 Å². The third-order valence-corrected chi connectivity index (χ3v) is 6.88. The van der Waals surface area contributed by atoms with Gasteiger partial charge in [0, 0.05) is 58.5 Å². The van der Waals surface area contributed by atoms with E-state index in [0.29, 0.717) is 5.71 Å². The van der Waals surface area contributed by atoms with Crippen LogP contribution in [0.3, 0.4) is 0 Å². The predicted molar refractivity (Wildman–Crippen MR) is 147 cm³/mol. The topological polar surface area (TPSA) is 51.8 Å². The second kappa shape index (κ2) is 10.7. The van der Waals surface area contributed by atoms with Gasteiger partial charge in [0.15, 0.2) is 0 Å². The molecule has 0 amide bonds. The van der Waals surface area contributed by atoms with Crippen LogP contribution in [0.25, 0.3) is 54.7 Å². The number of fused-ring (bicyclic) bond motifs is 4. The zero-order chi connectivity index (χ0) is 24.5. The Morgan fingerprint density at radius 1 is 0.811 bits per heavy atom. The summed E-state index contributed by atoms with van der Waals surface area (Å²) in [4.78, 5) is 14.6. The van der Waals surface area contributed by atoms with Gasteiger partial charge in [-0.15, -0.1) is 65.4 Å². The fourth-order valence-electron chi connectivity index (χ4n) is 4.18. The number of aromatic nitrogens is 3. The largest absolute Gasteiger partial charge is 0.486 e. The maximum absolute atomic E-state index is 6.06. The minimum atomic E-state index is 0. The van der Waals surface area contributed by atoms with Crippen LogP contribution < -0.4 is 0 Å². The maximum Gasteiger partial charge on any atom is 0.216 e. The van der Waals surface area contributed by atoms with Crippen LogP contribution in [0.4, 0.5) is 0 Å². The molecule has 4 nitrogen and oxygen atoms in total. The molecule has 1 radical (unpaired) electrons. The van der Waals surface area contributed by atoms with Crippen molar-refractivity contribution >= 4 is 43.5 Å². The minimum absolute atomic E-state index is 0. The zero-order valence-corrected chi connectivity index (χ0v) is 23.4. The first-order valence-electron chi connectivity index (χ1n) is 11.6. The van der Waals surface area contributed by atoms with E-state index in [1.54, 1.807) is 17.5 Å². The summed E-state index contributed by atoms with van der Waals surface area (Å²) in [5.41, 5.74) is 6.18. The summed E-state index contributed by atoms with van der Waals surface area (Å²) < 4.78 is 7.29. The first-order valence-corrected chi connectivity index (χ1v) is 12.4. The van der Waals surface area contributed by atoms with Crippen molar-refractivity contribution in [2.75, 3.05) is 0 Å². The van der Waals surface area contributed by atoms with Crippen LogP contribution in [0.5, 0.6) is 0 Å². The quantitative estimate of drug-likeness (QED) is 0.173. The van der Waals surface area contributed by atoms with Crippen LogP contribution in [0, 0.1) is 26.0 Å². The summed E-state index contributed by atoms with van der Waals surface area (Å²) in [5.74, 6) is 0. The number of pyridine rings is 3. The average molecular weight is 676 g/mol. The van der Waals surface area contributed by atoms with Crippen molar-refractivity contribution in [1.29, 1.82) is 0 Å². The molecule has 6 heteroatoms. The van der Waals surface area contributed by atoms with Gasteiger partial charge < -0.3 is 14.4 Å². The maximum atomic E-state index is 6.06. The Labute approximate surface area is 232 Å². The fraction of sp³-hybridized carbons (Fsp3) is 0.0645. The molecule has 0 aliphatic rings. The smallest absolute Gasteiger partial charge is 0.216 e. The number of thiophene rings is 1. The van der Waals surface area contributed by atoms with E-state index >= 15 is 0 Å². The third kappa shape index (κ3) is 5.09. The van der Waals surface area contributed by atoms with Gasteiger partial charge >= 0.3 is 0 Å². The van der Waals surface area contributed by atoms with Crippen molar-refractivity contribution in [2.24, 2.45) is 0 Å². The monoisotopic (exact) mass is 676 g/mol. The minimum Gasteiger partial charge on any atom is -0.486 e. The second-order valence-electron chi connectivity index (χ2n) is 8.46. The number of hydrogen-bond acceptors (Lipinski definition) is 5. The molecule has 7 aromatic rings. The molecule has 0 aliphatic carbocycles. The predicted octanol–water partition coefficient (Wildman–Crippen LogP) is 8.22. The van der Waals surface area contributed by atoms with E-state index in [1.807, 2.05) is 73.8 Å². The zero-order valence-electron chi connectivity index (χ0n) is 20.2. The average Bonchev–Trinajstić information content (AvgIpc) is 3.48. The van der Waals surface area contributed by atoms with Gasteiger partial charge in [-0.3, -0.25) is 0 Å². The van der Waals surface area contributed by atoms with Crippen molar-refractivity contribution in [3.8, 4) is 22.5 Å². The van der Waals surface area contributed by atoms with Gasteiger partial charge in [-0.1, -0.05) is 29.1 Å². The van der Waals surface area contributed by atoms with Crippen molar-refractivity contribution in [3.63, 3.8) is 0 Å². The van der Waals surface area contributed by atoms with Crippen LogP contribution in [0.1, 0.15) is 10.6 Å². The summed E-state index contributed by atoms with van der Waals surface area (Å²) >= 11 is 1.78. The number of hydrogen-bond donors (Lipinski definition) is 0. The molecular formula is C31H21IrN3OS-2. The summed E-state index contributed by atoms with van der Waals surface area (Å²) in [6.45, 7) is 4.08. The normalized spacial score (nSPS) is 10.8. The number of nitrogens with zero attached hydrogens (tertiary/aromatic N) is 3. The Kier molecular flexibility index (Phi) is 7.24. The molecule has 183 valence electrons. The molecule has 0 aliphatic heterocycles. The number of aryl methyl sites for hydroxylation is 2. The molecule has 5 aromatic heterocycles. The third-order valence-electron chi connectivity index (χ3n) is 5.87. The van der Waals surface area contributed by atoms with E-state index in [1.165, 1.54) is 15.0 Å². The Balaban J connectivity index is 0.000000183. The number of furan rings is 1. The number of rotatable bonds is 2. The van der Waals surface area contributed by atoms with Crippen LogP contribution in [0.15, 0.2) is 95.7 Å². The van der Waals surface area contributed by atoms with Crippen LogP contribution in [-0.4, -0.2) is 15.0 Å². The molecule has 0 fully saturated rings. The molecule has 2 aromatic carbocycles. The Morgan fingerprint density at radius 2 is 1.70 bits per heavy atom. The van der Waals surface area contributed by atoms with E-state index in [0.717, 1.165) is 44.6 Å². The van der Waals surface area contributed by atoms with Crippen LogP contribution in [-0.2, 0) is 20.1 Å². The molecule has 0 unspecified atom stereocenters. The van der Waals surface area contributed by atoms with Gasteiger partial charge in [-0.2, -0.15) is 0 Å². The first kappa shape index (κ1) is 25.0. The summed E-state index contributed by atoms with van der Waals surface area (Å²) in [6, 6.07) is 32.4. The number of benzene rings is 2. The van der Waals surface area contributed by atoms with Crippen molar-refractivity contribution in [1.82, 2.24) is 15.0 Å². The summed E-state index contributed by atoms with van der Waals surface area (Å²) in [5, 5.41) is 3.25. The second-order valence-corrected chi connectivity index (χ2v) is 9.75. The Bertz CT molecular complexity index is 1770. The van der Waals surface area contributed by atoms with Gasteiger partial charge in [0.05, 0.1) is 5.58 Å². The molecule has 5 heterocycles. The van der Waals surface area contributed by atoms with Crippen molar-refractivity contribution in [2.45, 2.75) is 13.8 Å². The molecule has 37 heavy (non-hydrogen) atoms. The van der Waals surface area contributed by atoms with Gasteiger partial charge in [0.1, 0.15) is 0 Å². The van der Waals surface area contributed by atoms with E-state index < -0.39 is 0 Å². The Hall–Kier alpha value is -3.70. The molecule has 7 rings (SSSR count). The van der Waals surface area contributed by atoms with Gasteiger partial charge in [-0.05, 0) is 49.5 Å².